The first-order valence-corrected chi connectivity index (χ1v) is 10.3. The summed E-state index contributed by atoms with van der Waals surface area (Å²) >= 11 is 2.44. The molecule has 3 heterocycles. The van der Waals surface area contributed by atoms with Crippen molar-refractivity contribution in [3.8, 4) is 0 Å². The van der Waals surface area contributed by atoms with E-state index < -0.39 is 0 Å². The summed E-state index contributed by atoms with van der Waals surface area (Å²) in [5, 5.41) is 1.46. The molecule has 1 aromatic heterocycles. The van der Waals surface area contributed by atoms with Crippen LogP contribution >= 0.6 is 23.5 Å². The van der Waals surface area contributed by atoms with Gasteiger partial charge in [-0.2, -0.15) is 0 Å². The molecule has 2 aromatic rings. The van der Waals surface area contributed by atoms with Gasteiger partial charge in [0, 0.05) is 18.5 Å². The minimum Gasteiger partial charge on any atom is -0.450 e. The number of carbonyl (C=O) groups excluding carboxylic acids is 2. The number of aliphatic imine (C=N–C) groups is 1. The first-order valence-electron chi connectivity index (χ1n) is 8.63. The van der Waals surface area contributed by atoms with Crippen molar-refractivity contribution in [3.05, 3.63) is 52.1 Å². The number of aryl methyl sites for hydroxylation is 1. The summed E-state index contributed by atoms with van der Waals surface area (Å²) in [4.78, 5) is 30.7. The number of imide groups is 1. The summed E-state index contributed by atoms with van der Waals surface area (Å²) < 4.78 is 5.83. The van der Waals surface area contributed by atoms with E-state index in [9.17, 15) is 9.59 Å². The molecule has 0 aliphatic carbocycles. The fraction of sp³-hybridized carbons (Fsp3) is 0.250. The molecule has 1 aromatic carbocycles. The second kappa shape index (κ2) is 7.05. The third-order valence-corrected chi connectivity index (χ3v) is 6.17. The van der Waals surface area contributed by atoms with Crippen molar-refractivity contribution in [1.82, 2.24) is 4.90 Å². The Morgan fingerprint density at radius 3 is 2.78 bits per heavy atom. The van der Waals surface area contributed by atoms with Gasteiger partial charge >= 0.3 is 0 Å². The van der Waals surface area contributed by atoms with Crippen LogP contribution in [-0.4, -0.2) is 27.1 Å². The molecular formula is C20H18N2O3S2. The van der Waals surface area contributed by atoms with E-state index in [1.54, 1.807) is 12.1 Å². The number of thioether (sulfide) groups is 2. The monoisotopic (exact) mass is 398 g/mol. The van der Waals surface area contributed by atoms with Gasteiger partial charge < -0.3 is 4.42 Å². The second-order valence-corrected chi connectivity index (χ2v) is 8.73. The molecular weight excluding hydrogens is 380 g/mol. The molecule has 2 aliphatic rings. The van der Waals surface area contributed by atoms with Crippen LogP contribution in [0.2, 0.25) is 0 Å². The van der Waals surface area contributed by atoms with Crippen LogP contribution in [0.5, 0.6) is 0 Å². The Morgan fingerprint density at radius 1 is 1.26 bits per heavy atom. The first-order chi connectivity index (χ1) is 12.9. The molecule has 1 fully saturated rings. The maximum absolute atomic E-state index is 12.4. The van der Waals surface area contributed by atoms with Crippen LogP contribution in [0, 0.1) is 6.92 Å². The number of amides is 2. The van der Waals surface area contributed by atoms with Gasteiger partial charge in [-0.25, -0.2) is 4.99 Å². The number of benzene rings is 1. The summed E-state index contributed by atoms with van der Waals surface area (Å²) in [5.74, 6) is 0.288. The average Bonchev–Trinajstić information content (AvgIpc) is 3.27. The number of carbonyl (C=O) groups is 2. The Hall–Kier alpha value is -2.25. The van der Waals surface area contributed by atoms with E-state index in [1.807, 2.05) is 32.0 Å². The van der Waals surface area contributed by atoms with Gasteiger partial charge in [0.2, 0.25) is 0 Å². The number of furan rings is 1. The molecule has 0 saturated carbocycles. The van der Waals surface area contributed by atoms with Crippen LogP contribution in [0.1, 0.15) is 30.7 Å². The highest BCUT2D eigenvalue weighted by Gasteiger charge is 2.36. The predicted octanol–water partition coefficient (Wildman–Crippen LogP) is 5.41. The molecule has 1 saturated heterocycles. The van der Waals surface area contributed by atoms with Crippen molar-refractivity contribution in [2.45, 2.75) is 38.3 Å². The van der Waals surface area contributed by atoms with Gasteiger partial charge in [0.1, 0.15) is 5.76 Å². The largest absolute Gasteiger partial charge is 0.450 e. The quantitative estimate of drug-likeness (QED) is 0.647. The van der Waals surface area contributed by atoms with Crippen molar-refractivity contribution >= 4 is 51.5 Å². The summed E-state index contributed by atoms with van der Waals surface area (Å²) in [6, 6.07) is 9.64. The van der Waals surface area contributed by atoms with E-state index >= 15 is 0 Å². The minimum atomic E-state index is -0.267. The molecule has 5 nitrogen and oxygen atoms in total. The number of rotatable bonds is 3. The minimum absolute atomic E-state index is 0.156. The zero-order valence-corrected chi connectivity index (χ0v) is 16.8. The maximum atomic E-state index is 12.4. The highest BCUT2D eigenvalue weighted by atomic mass is 32.2. The van der Waals surface area contributed by atoms with Crippen LogP contribution in [0.3, 0.4) is 0 Å². The Kier molecular flexibility index (Phi) is 4.74. The lowest BCUT2D eigenvalue weighted by atomic mass is 10.1. The molecule has 138 valence electrons. The van der Waals surface area contributed by atoms with Gasteiger partial charge in [-0.1, -0.05) is 12.1 Å². The predicted molar refractivity (Wildman–Crippen MR) is 109 cm³/mol. The van der Waals surface area contributed by atoms with Crippen molar-refractivity contribution in [3.63, 3.8) is 0 Å². The second-order valence-electron chi connectivity index (χ2n) is 6.66. The Balaban J connectivity index is 1.48. The molecule has 0 unspecified atom stereocenters. The number of hydrogen-bond acceptors (Lipinski definition) is 6. The number of nitrogens with zero attached hydrogens (tertiary/aromatic N) is 2. The van der Waals surface area contributed by atoms with Crippen LogP contribution in [0.15, 0.2) is 49.7 Å². The van der Waals surface area contributed by atoms with Crippen LogP contribution in [-0.2, 0) is 11.2 Å². The summed E-state index contributed by atoms with van der Waals surface area (Å²) in [6.07, 6.45) is 2.43. The summed E-state index contributed by atoms with van der Waals surface area (Å²) in [7, 11) is 0. The molecule has 7 heteroatoms. The van der Waals surface area contributed by atoms with Gasteiger partial charge in [0.25, 0.3) is 11.1 Å². The van der Waals surface area contributed by atoms with E-state index in [4.69, 9.17) is 4.42 Å². The fourth-order valence-corrected chi connectivity index (χ4v) is 4.85. The van der Waals surface area contributed by atoms with Crippen LogP contribution in [0.25, 0.3) is 6.08 Å². The maximum Gasteiger partial charge on any atom is 0.293 e. The van der Waals surface area contributed by atoms with E-state index in [0.29, 0.717) is 15.8 Å². The molecule has 0 spiro atoms. The summed E-state index contributed by atoms with van der Waals surface area (Å²) in [6.45, 7) is 5.74. The van der Waals surface area contributed by atoms with Gasteiger partial charge in [-0.15, -0.1) is 0 Å². The molecule has 27 heavy (non-hydrogen) atoms. The lowest BCUT2D eigenvalue weighted by molar-refractivity contribution is -0.123. The number of fused-ring (bicyclic) bond motifs is 1. The normalized spacial score (nSPS) is 18.0. The van der Waals surface area contributed by atoms with Crippen molar-refractivity contribution < 1.29 is 14.0 Å². The zero-order chi connectivity index (χ0) is 19.1. The number of hydrogen-bond donors (Lipinski definition) is 0. The van der Waals surface area contributed by atoms with Crippen molar-refractivity contribution in [1.29, 1.82) is 0 Å². The molecule has 2 amide bonds. The lowest BCUT2D eigenvalue weighted by Gasteiger charge is -2.16. The van der Waals surface area contributed by atoms with E-state index in [-0.39, 0.29) is 17.2 Å². The summed E-state index contributed by atoms with van der Waals surface area (Å²) in [5.41, 5.74) is 3.52. The standard InChI is InChI=1S/C20H18N2O3S2/c1-11(2)22-19(23)16(26-20(22)24)9-13-7-8-18(25-13)27-17-10-14-12(3)5-4-6-15(14)21-17/h4-9,11H,10H2,1-3H3/b16-9-. The fourth-order valence-electron chi connectivity index (χ4n) is 3.04. The molecule has 0 bridgehead atoms. The van der Waals surface area contributed by atoms with Crippen LogP contribution in [0.4, 0.5) is 10.5 Å². The van der Waals surface area contributed by atoms with Gasteiger partial charge in [0.15, 0.2) is 5.09 Å². The third kappa shape index (κ3) is 3.49. The highest BCUT2D eigenvalue weighted by molar-refractivity contribution is 8.18. The zero-order valence-electron chi connectivity index (χ0n) is 15.2. The Morgan fingerprint density at radius 2 is 2.07 bits per heavy atom. The Bertz CT molecular complexity index is 1000. The molecule has 2 aliphatic heterocycles. The molecule has 4 rings (SSSR count). The van der Waals surface area contributed by atoms with Crippen molar-refractivity contribution in [2.75, 3.05) is 0 Å². The lowest BCUT2D eigenvalue weighted by Crippen LogP contribution is -2.34. The third-order valence-electron chi connectivity index (χ3n) is 4.39. The highest BCUT2D eigenvalue weighted by Crippen LogP contribution is 2.37. The first kappa shape index (κ1) is 18.1. The Labute approximate surface area is 165 Å². The van der Waals surface area contributed by atoms with Gasteiger partial charge in [-0.05, 0) is 73.6 Å². The topological polar surface area (TPSA) is 62.9 Å². The SMILES string of the molecule is Cc1cccc2c1CC(Sc1ccc(/C=C3\SC(=O)N(C(C)C)C3=O)o1)=N2. The smallest absolute Gasteiger partial charge is 0.293 e. The molecule has 0 atom stereocenters. The van der Waals surface area contributed by atoms with Gasteiger partial charge in [0.05, 0.1) is 15.6 Å². The molecule has 0 N–H and O–H groups in total. The van der Waals surface area contributed by atoms with E-state index in [0.717, 1.165) is 28.9 Å². The molecule has 0 radical (unpaired) electrons. The van der Waals surface area contributed by atoms with E-state index in [1.165, 1.54) is 27.8 Å². The average molecular weight is 399 g/mol. The van der Waals surface area contributed by atoms with Crippen molar-refractivity contribution in [2.24, 2.45) is 4.99 Å². The van der Waals surface area contributed by atoms with Gasteiger partial charge in [-0.3, -0.25) is 14.5 Å². The van der Waals surface area contributed by atoms with E-state index in [2.05, 4.69) is 18.0 Å². The van der Waals surface area contributed by atoms with Crippen LogP contribution < -0.4 is 0 Å².